The molecule has 0 unspecified atom stereocenters. The fourth-order valence-electron chi connectivity index (χ4n) is 2.82. The number of aryl methyl sites for hydroxylation is 2. The molecule has 6 nitrogen and oxygen atoms in total. The number of nitrogens with zero attached hydrogens (tertiary/aromatic N) is 1. The van der Waals surface area contributed by atoms with E-state index in [0.29, 0.717) is 26.1 Å². The van der Waals surface area contributed by atoms with Gasteiger partial charge in [0.05, 0.1) is 13.0 Å². The number of carbonyl (C=O) groups excluding carboxylic acids is 1. The Bertz CT molecular complexity index is 581. The van der Waals surface area contributed by atoms with E-state index >= 15 is 0 Å². The molecule has 132 valence electrons. The van der Waals surface area contributed by atoms with Gasteiger partial charge in [0.15, 0.2) is 0 Å². The van der Waals surface area contributed by atoms with Crippen LogP contribution in [-0.4, -0.2) is 54.3 Å². The summed E-state index contributed by atoms with van der Waals surface area (Å²) in [5.74, 6) is -0.418. The topological polar surface area (TPSA) is 76.1 Å². The van der Waals surface area contributed by atoms with Gasteiger partial charge in [-0.05, 0) is 43.9 Å². The second kappa shape index (κ2) is 8.68. The summed E-state index contributed by atoms with van der Waals surface area (Å²) in [4.78, 5) is 25.0. The summed E-state index contributed by atoms with van der Waals surface area (Å²) in [6, 6.07) is 5.86. The van der Waals surface area contributed by atoms with Crippen LogP contribution < -0.4 is 4.74 Å². The van der Waals surface area contributed by atoms with E-state index in [4.69, 9.17) is 14.6 Å². The molecule has 0 aromatic heterocycles. The number of carboxylic acids is 1. The maximum Gasteiger partial charge on any atom is 0.323 e. The monoisotopic (exact) mass is 335 g/mol. The maximum atomic E-state index is 12.5. The number of carboxylic acid groups (broad SMARTS) is 1. The van der Waals surface area contributed by atoms with Gasteiger partial charge in [0.1, 0.15) is 12.3 Å². The SMILES string of the molecule is Cc1ccc(C)c(OCCC(=O)N(CC(=O)O)C2CCOCC2)c1. The average Bonchev–Trinajstić information content (AvgIpc) is 2.56. The van der Waals surface area contributed by atoms with Crippen molar-refractivity contribution in [1.82, 2.24) is 4.90 Å². The molecule has 6 heteroatoms. The van der Waals surface area contributed by atoms with E-state index in [1.807, 2.05) is 32.0 Å². The molecule has 1 aromatic rings. The van der Waals surface area contributed by atoms with Gasteiger partial charge in [-0.3, -0.25) is 9.59 Å². The van der Waals surface area contributed by atoms with Crippen LogP contribution >= 0.6 is 0 Å². The summed E-state index contributed by atoms with van der Waals surface area (Å²) in [5, 5.41) is 9.08. The minimum atomic E-state index is -0.995. The number of ether oxygens (including phenoxy) is 2. The molecule has 0 aliphatic carbocycles. The van der Waals surface area contributed by atoms with Gasteiger partial charge in [0.25, 0.3) is 0 Å². The number of amides is 1. The van der Waals surface area contributed by atoms with Crippen LogP contribution in [0.15, 0.2) is 18.2 Å². The van der Waals surface area contributed by atoms with Gasteiger partial charge in [-0.2, -0.15) is 0 Å². The molecule has 1 aromatic carbocycles. The number of carbonyl (C=O) groups is 2. The third-order valence-corrected chi connectivity index (χ3v) is 4.17. The summed E-state index contributed by atoms with van der Waals surface area (Å²) < 4.78 is 11.0. The Balaban J connectivity index is 1.91. The molecular weight excluding hydrogens is 310 g/mol. The summed E-state index contributed by atoms with van der Waals surface area (Å²) in [7, 11) is 0. The Morgan fingerprint density at radius 3 is 2.67 bits per heavy atom. The third kappa shape index (κ3) is 5.23. The number of aliphatic carboxylic acids is 1. The maximum absolute atomic E-state index is 12.5. The molecule has 1 fully saturated rings. The average molecular weight is 335 g/mol. The lowest BCUT2D eigenvalue weighted by Gasteiger charge is -2.33. The van der Waals surface area contributed by atoms with Crippen molar-refractivity contribution in [3.63, 3.8) is 0 Å². The molecule has 1 aliphatic heterocycles. The summed E-state index contributed by atoms with van der Waals surface area (Å²) in [6.45, 7) is 5.03. The van der Waals surface area contributed by atoms with Crippen LogP contribution in [0.4, 0.5) is 0 Å². The van der Waals surface area contributed by atoms with Crippen LogP contribution in [0.5, 0.6) is 5.75 Å². The summed E-state index contributed by atoms with van der Waals surface area (Å²) in [5.41, 5.74) is 2.11. The first-order chi connectivity index (χ1) is 11.5. The minimum Gasteiger partial charge on any atom is -0.493 e. The number of benzene rings is 1. The van der Waals surface area contributed by atoms with Crippen molar-refractivity contribution in [3.8, 4) is 5.75 Å². The Morgan fingerprint density at radius 2 is 2.00 bits per heavy atom. The summed E-state index contributed by atoms with van der Waals surface area (Å²) >= 11 is 0. The summed E-state index contributed by atoms with van der Waals surface area (Å²) in [6.07, 6.45) is 1.52. The lowest BCUT2D eigenvalue weighted by atomic mass is 10.1. The molecule has 1 saturated heterocycles. The normalized spacial score (nSPS) is 15.1. The first-order valence-corrected chi connectivity index (χ1v) is 8.26. The van der Waals surface area contributed by atoms with Gasteiger partial charge in [0, 0.05) is 19.3 Å². The van der Waals surface area contributed by atoms with Crippen LogP contribution in [0, 0.1) is 13.8 Å². The number of hydrogen-bond donors (Lipinski definition) is 1. The van der Waals surface area contributed by atoms with Crippen LogP contribution in [0.25, 0.3) is 0 Å². The van der Waals surface area contributed by atoms with Gasteiger partial charge >= 0.3 is 5.97 Å². The third-order valence-electron chi connectivity index (χ3n) is 4.17. The van der Waals surface area contributed by atoms with Crippen LogP contribution in [0.1, 0.15) is 30.4 Å². The molecule has 1 amide bonds. The van der Waals surface area contributed by atoms with E-state index in [9.17, 15) is 9.59 Å². The van der Waals surface area contributed by atoms with Gasteiger partial charge in [-0.15, -0.1) is 0 Å². The first kappa shape index (κ1) is 18.3. The molecule has 1 N–H and O–H groups in total. The van der Waals surface area contributed by atoms with Crippen molar-refractivity contribution in [2.75, 3.05) is 26.4 Å². The molecule has 1 aliphatic rings. The molecule has 0 saturated carbocycles. The Kier molecular flexibility index (Phi) is 6.61. The highest BCUT2D eigenvalue weighted by molar-refractivity contribution is 5.81. The van der Waals surface area contributed by atoms with Crippen molar-refractivity contribution >= 4 is 11.9 Å². The zero-order valence-corrected chi connectivity index (χ0v) is 14.3. The first-order valence-electron chi connectivity index (χ1n) is 8.26. The van der Waals surface area contributed by atoms with E-state index in [-0.39, 0.29) is 31.5 Å². The molecule has 0 spiro atoms. The largest absolute Gasteiger partial charge is 0.493 e. The van der Waals surface area contributed by atoms with E-state index < -0.39 is 5.97 Å². The Hall–Kier alpha value is -2.08. The van der Waals surface area contributed by atoms with Crippen molar-refractivity contribution in [2.24, 2.45) is 0 Å². The highest BCUT2D eigenvalue weighted by Crippen LogP contribution is 2.20. The lowest BCUT2D eigenvalue weighted by molar-refractivity contribution is -0.148. The molecule has 2 rings (SSSR count). The standard InChI is InChI=1S/C18H25NO5/c1-13-3-4-14(2)16(11-13)24-10-7-17(20)19(12-18(21)22)15-5-8-23-9-6-15/h3-4,11,15H,5-10,12H2,1-2H3,(H,21,22). The van der Waals surface area contributed by atoms with Gasteiger partial charge < -0.3 is 19.5 Å². The molecule has 0 bridgehead atoms. The lowest BCUT2D eigenvalue weighted by Crippen LogP contribution is -2.46. The molecule has 24 heavy (non-hydrogen) atoms. The zero-order chi connectivity index (χ0) is 17.5. The van der Waals surface area contributed by atoms with E-state index in [1.54, 1.807) is 0 Å². The number of hydrogen-bond acceptors (Lipinski definition) is 4. The zero-order valence-electron chi connectivity index (χ0n) is 14.3. The Morgan fingerprint density at radius 1 is 1.29 bits per heavy atom. The van der Waals surface area contributed by atoms with Crippen molar-refractivity contribution in [3.05, 3.63) is 29.3 Å². The molecule has 1 heterocycles. The van der Waals surface area contributed by atoms with E-state index in [2.05, 4.69) is 0 Å². The quantitative estimate of drug-likeness (QED) is 0.826. The van der Waals surface area contributed by atoms with Gasteiger partial charge in [-0.25, -0.2) is 0 Å². The highest BCUT2D eigenvalue weighted by atomic mass is 16.5. The predicted molar refractivity (Wildman–Crippen MR) is 89.2 cm³/mol. The molecular formula is C18H25NO5. The minimum absolute atomic E-state index is 0.0666. The van der Waals surface area contributed by atoms with Gasteiger partial charge in [0.2, 0.25) is 5.91 Å². The second-order valence-electron chi connectivity index (χ2n) is 6.13. The second-order valence-corrected chi connectivity index (χ2v) is 6.13. The van der Waals surface area contributed by atoms with Crippen LogP contribution in [0.2, 0.25) is 0 Å². The van der Waals surface area contributed by atoms with Crippen LogP contribution in [-0.2, 0) is 14.3 Å². The fraction of sp³-hybridized carbons (Fsp3) is 0.556. The molecule has 0 atom stereocenters. The fourth-order valence-corrected chi connectivity index (χ4v) is 2.82. The van der Waals surface area contributed by atoms with E-state index in [0.717, 1.165) is 16.9 Å². The number of rotatable bonds is 7. The van der Waals surface area contributed by atoms with Gasteiger partial charge in [-0.1, -0.05) is 12.1 Å². The van der Waals surface area contributed by atoms with E-state index in [1.165, 1.54) is 4.90 Å². The Labute approximate surface area is 142 Å². The van der Waals surface area contributed by atoms with Crippen molar-refractivity contribution < 1.29 is 24.2 Å². The molecule has 0 radical (unpaired) electrons. The van der Waals surface area contributed by atoms with Crippen molar-refractivity contribution in [1.29, 1.82) is 0 Å². The van der Waals surface area contributed by atoms with Crippen LogP contribution in [0.3, 0.4) is 0 Å². The van der Waals surface area contributed by atoms with Crippen molar-refractivity contribution in [2.45, 2.75) is 39.2 Å². The predicted octanol–water partition coefficient (Wildman–Crippen LogP) is 2.16. The smallest absolute Gasteiger partial charge is 0.323 e. The highest BCUT2D eigenvalue weighted by Gasteiger charge is 2.27.